The molecule has 0 spiro atoms. The van der Waals surface area contributed by atoms with Gasteiger partial charge < -0.3 is 5.73 Å². The number of nitrogens with zero attached hydrogens (tertiary/aromatic N) is 1. The van der Waals surface area contributed by atoms with Gasteiger partial charge in [0, 0.05) is 16.8 Å². The van der Waals surface area contributed by atoms with Crippen LogP contribution in [0.25, 0.3) is 0 Å². The molecule has 0 aromatic carbocycles. The highest BCUT2D eigenvalue weighted by Gasteiger charge is 2.45. The molecule has 1 aromatic rings. The Morgan fingerprint density at radius 1 is 1.50 bits per heavy atom. The largest absolute Gasteiger partial charge is 0.330 e. The van der Waals surface area contributed by atoms with Crippen LogP contribution in [0.3, 0.4) is 0 Å². The van der Waals surface area contributed by atoms with Gasteiger partial charge in [0.2, 0.25) is 0 Å². The molecular weight excluding hydrogens is 192 g/mol. The molecule has 1 saturated carbocycles. The van der Waals surface area contributed by atoms with Crippen LogP contribution in [0.2, 0.25) is 0 Å². The van der Waals surface area contributed by atoms with Crippen LogP contribution >= 0.6 is 11.3 Å². The molecule has 1 aliphatic rings. The fourth-order valence-electron chi connectivity index (χ4n) is 1.94. The summed E-state index contributed by atoms with van der Waals surface area (Å²) in [5.74, 6) is 0. The average molecular weight is 210 g/mol. The summed E-state index contributed by atoms with van der Waals surface area (Å²) < 4.78 is 0. The maximum absolute atomic E-state index is 5.83. The van der Waals surface area contributed by atoms with Gasteiger partial charge in [0.05, 0.1) is 10.7 Å². The Morgan fingerprint density at radius 3 is 2.71 bits per heavy atom. The molecule has 0 radical (unpaired) electrons. The third-order valence-corrected chi connectivity index (χ3v) is 4.49. The van der Waals surface area contributed by atoms with Crippen molar-refractivity contribution >= 4 is 11.3 Å². The van der Waals surface area contributed by atoms with E-state index in [-0.39, 0.29) is 0 Å². The zero-order chi connectivity index (χ0) is 10.2. The summed E-state index contributed by atoms with van der Waals surface area (Å²) in [6.07, 6.45) is 4.82. The van der Waals surface area contributed by atoms with Crippen molar-refractivity contribution in [2.75, 3.05) is 6.54 Å². The first-order valence-electron chi connectivity index (χ1n) is 5.39. The molecule has 14 heavy (non-hydrogen) atoms. The van der Waals surface area contributed by atoms with E-state index >= 15 is 0 Å². The topological polar surface area (TPSA) is 38.9 Å². The Bertz CT molecular complexity index is 326. The van der Waals surface area contributed by atoms with Crippen molar-refractivity contribution in [2.45, 2.75) is 44.9 Å². The number of nitrogens with two attached hydrogens (primary N) is 1. The lowest BCUT2D eigenvalue weighted by Gasteiger charge is -2.09. The van der Waals surface area contributed by atoms with Crippen molar-refractivity contribution in [1.82, 2.24) is 4.98 Å². The van der Waals surface area contributed by atoms with E-state index in [0.717, 1.165) is 13.0 Å². The van der Waals surface area contributed by atoms with Crippen molar-refractivity contribution in [2.24, 2.45) is 5.73 Å². The Balaban J connectivity index is 2.25. The maximum Gasteiger partial charge on any atom is 0.0931 e. The predicted molar refractivity (Wildman–Crippen MR) is 60.8 cm³/mol. The van der Waals surface area contributed by atoms with Gasteiger partial charge in [0.25, 0.3) is 0 Å². The summed E-state index contributed by atoms with van der Waals surface area (Å²) >= 11 is 1.89. The summed E-state index contributed by atoms with van der Waals surface area (Å²) in [4.78, 5) is 6.08. The maximum atomic E-state index is 5.83. The van der Waals surface area contributed by atoms with Crippen LogP contribution in [0.15, 0.2) is 0 Å². The standard InChI is InChI=1S/C11H18N2S/c1-3-4-9-13-8(2)10(14-9)11(7-12)5-6-11/h3-7,12H2,1-2H3. The van der Waals surface area contributed by atoms with Gasteiger partial charge in [0.15, 0.2) is 0 Å². The average Bonchev–Trinajstić information content (AvgIpc) is 2.88. The SMILES string of the molecule is CCCc1nc(C)c(C2(CN)CC2)s1. The third kappa shape index (κ3) is 1.59. The molecule has 0 aliphatic heterocycles. The second-order valence-electron chi connectivity index (χ2n) is 4.26. The van der Waals surface area contributed by atoms with Gasteiger partial charge in [-0.1, -0.05) is 6.92 Å². The van der Waals surface area contributed by atoms with E-state index in [2.05, 4.69) is 18.8 Å². The monoisotopic (exact) mass is 210 g/mol. The molecule has 3 heteroatoms. The Morgan fingerprint density at radius 2 is 2.21 bits per heavy atom. The number of hydrogen-bond acceptors (Lipinski definition) is 3. The molecule has 1 fully saturated rings. The predicted octanol–water partition coefficient (Wildman–Crippen LogP) is 2.39. The van der Waals surface area contributed by atoms with Gasteiger partial charge in [-0.3, -0.25) is 0 Å². The number of hydrogen-bond donors (Lipinski definition) is 1. The molecule has 1 heterocycles. The van der Waals surface area contributed by atoms with Crippen molar-refractivity contribution < 1.29 is 0 Å². The molecule has 0 amide bonds. The molecule has 0 unspecified atom stereocenters. The minimum Gasteiger partial charge on any atom is -0.330 e. The molecule has 78 valence electrons. The van der Waals surface area contributed by atoms with Crippen LogP contribution in [-0.4, -0.2) is 11.5 Å². The lowest BCUT2D eigenvalue weighted by Crippen LogP contribution is -2.19. The second-order valence-corrected chi connectivity index (χ2v) is 5.34. The number of thiazole rings is 1. The lowest BCUT2D eigenvalue weighted by molar-refractivity contribution is 0.712. The molecular formula is C11H18N2S. The van der Waals surface area contributed by atoms with Crippen LogP contribution in [0.1, 0.15) is 41.8 Å². The highest BCUT2D eigenvalue weighted by molar-refractivity contribution is 7.12. The van der Waals surface area contributed by atoms with E-state index in [9.17, 15) is 0 Å². The van der Waals surface area contributed by atoms with Crippen LogP contribution in [-0.2, 0) is 11.8 Å². The molecule has 2 rings (SSSR count). The van der Waals surface area contributed by atoms with Crippen LogP contribution in [0, 0.1) is 6.92 Å². The summed E-state index contributed by atoms with van der Waals surface area (Å²) in [5, 5.41) is 1.29. The summed E-state index contributed by atoms with van der Waals surface area (Å²) in [6.45, 7) is 5.12. The Kier molecular flexibility index (Phi) is 2.62. The number of aryl methyl sites for hydroxylation is 2. The summed E-state index contributed by atoms with van der Waals surface area (Å²) in [5.41, 5.74) is 7.38. The van der Waals surface area contributed by atoms with Gasteiger partial charge in [-0.25, -0.2) is 4.98 Å². The van der Waals surface area contributed by atoms with Crippen molar-refractivity contribution in [1.29, 1.82) is 0 Å². The zero-order valence-electron chi connectivity index (χ0n) is 8.97. The molecule has 2 N–H and O–H groups in total. The number of rotatable bonds is 4. The van der Waals surface area contributed by atoms with Gasteiger partial charge >= 0.3 is 0 Å². The molecule has 0 atom stereocenters. The highest BCUT2D eigenvalue weighted by Crippen LogP contribution is 2.50. The van der Waals surface area contributed by atoms with Crippen LogP contribution < -0.4 is 5.73 Å². The van der Waals surface area contributed by atoms with Crippen molar-refractivity contribution in [3.8, 4) is 0 Å². The summed E-state index contributed by atoms with van der Waals surface area (Å²) in [6, 6.07) is 0. The first kappa shape index (κ1) is 10.1. The van der Waals surface area contributed by atoms with E-state index in [1.165, 1.54) is 34.8 Å². The van der Waals surface area contributed by atoms with E-state index in [0.29, 0.717) is 5.41 Å². The molecule has 2 nitrogen and oxygen atoms in total. The minimum absolute atomic E-state index is 0.327. The third-order valence-electron chi connectivity index (χ3n) is 3.03. The Hall–Kier alpha value is -0.410. The van der Waals surface area contributed by atoms with E-state index < -0.39 is 0 Å². The second kappa shape index (κ2) is 3.63. The van der Waals surface area contributed by atoms with Crippen molar-refractivity contribution in [3.05, 3.63) is 15.6 Å². The fourth-order valence-corrected chi connectivity index (χ4v) is 3.36. The number of aromatic nitrogens is 1. The van der Waals surface area contributed by atoms with Gasteiger partial charge in [-0.2, -0.15) is 0 Å². The van der Waals surface area contributed by atoms with Crippen LogP contribution in [0.5, 0.6) is 0 Å². The lowest BCUT2D eigenvalue weighted by atomic mass is 10.0. The first-order chi connectivity index (χ1) is 6.72. The fraction of sp³-hybridized carbons (Fsp3) is 0.727. The quantitative estimate of drug-likeness (QED) is 0.828. The molecule has 1 aromatic heterocycles. The molecule has 0 bridgehead atoms. The highest BCUT2D eigenvalue weighted by atomic mass is 32.1. The van der Waals surface area contributed by atoms with E-state index in [1.54, 1.807) is 0 Å². The minimum atomic E-state index is 0.327. The Labute approximate surface area is 89.5 Å². The van der Waals surface area contributed by atoms with Gasteiger partial charge in [0.1, 0.15) is 0 Å². The van der Waals surface area contributed by atoms with Crippen LogP contribution in [0.4, 0.5) is 0 Å². The van der Waals surface area contributed by atoms with E-state index in [4.69, 9.17) is 5.73 Å². The van der Waals surface area contributed by atoms with Crippen molar-refractivity contribution in [3.63, 3.8) is 0 Å². The molecule has 1 aliphatic carbocycles. The van der Waals surface area contributed by atoms with Gasteiger partial charge in [-0.15, -0.1) is 11.3 Å². The summed E-state index contributed by atoms with van der Waals surface area (Å²) in [7, 11) is 0. The van der Waals surface area contributed by atoms with Gasteiger partial charge in [-0.05, 0) is 32.6 Å². The first-order valence-corrected chi connectivity index (χ1v) is 6.20. The zero-order valence-corrected chi connectivity index (χ0v) is 9.78. The van der Waals surface area contributed by atoms with E-state index in [1.807, 2.05) is 11.3 Å². The normalized spacial score (nSPS) is 18.5. The molecule has 0 saturated heterocycles. The smallest absolute Gasteiger partial charge is 0.0931 e.